The topological polar surface area (TPSA) is 59.6 Å². The lowest BCUT2D eigenvalue weighted by Gasteiger charge is -2.56. The molecular formula is C21H28N2O3. The van der Waals surface area contributed by atoms with Crippen LogP contribution in [0.1, 0.15) is 57.1 Å². The molecule has 1 aromatic carbocycles. The van der Waals surface area contributed by atoms with Crippen molar-refractivity contribution in [3.8, 4) is 11.5 Å². The SMILES string of the molecule is CC(NC(=O)NCC12CC3CC(CC(C3)C1)C2)c1ccc2c(c1)OCO2. The minimum absolute atomic E-state index is 0.0640. The number of hydrogen-bond acceptors (Lipinski definition) is 3. The second-order valence-electron chi connectivity index (χ2n) is 9.08. The molecule has 0 aromatic heterocycles. The van der Waals surface area contributed by atoms with Crippen LogP contribution in [0.25, 0.3) is 0 Å². The van der Waals surface area contributed by atoms with E-state index in [1.165, 1.54) is 38.5 Å². The summed E-state index contributed by atoms with van der Waals surface area (Å²) in [6.45, 7) is 3.10. The zero-order chi connectivity index (χ0) is 17.7. The molecule has 4 saturated carbocycles. The van der Waals surface area contributed by atoms with Crippen LogP contribution in [0.15, 0.2) is 18.2 Å². The van der Waals surface area contributed by atoms with Crippen molar-refractivity contribution in [1.29, 1.82) is 0 Å². The van der Waals surface area contributed by atoms with E-state index in [2.05, 4.69) is 10.6 Å². The molecule has 4 fully saturated rings. The Kier molecular flexibility index (Phi) is 3.80. The highest BCUT2D eigenvalue weighted by molar-refractivity contribution is 5.74. The van der Waals surface area contributed by atoms with Crippen LogP contribution < -0.4 is 20.1 Å². The Labute approximate surface area is 154 Å². The smallest absolute Gasteiger partial charge is 0.315 e. The number of carbonyl (C=O) groups excluding carboxylic acids is 1. The molecule has 4 bridgehead atoms. The van der Waals surface area contributed by atoms with E-state index in [0.717, 1.165) is 41.4 Å². The van der Waals surface area contributed by atoms with Gasteiger partial charge >= 0.3 is 6.03 Å². The Balaban J connectivity index is 1.18. The van der Waals surface area contributed by atoms with Crippen molar-refractivity contribution in [3.05, 3.63) is 23.8 Å². The van der Waals surface area contributed by atoms with Gasteiger partial charge in [-0.2, -0.15) is 0 Å². The fraction of sp³-hybridized carbons (Fsp3) is 0.667. The lowest BCUT2D eigenvalue weighted by molar-refractivity contribution is -0.0498. The minimum atomic E-state index is -0.0686. The van der Waals surface area contributed by atoms with Crippen LogP contribution in [0.4, 0.5) is 4.79 Å². The van der Waals surface area contributed by atoms with Gasteiger partial charge in [0.25, 0.3) is 0 Å². The number of hydrogen-bond donors (Lipinski definition) is 2. The molecule has 1 aromatic rings. The van der Waals surface area contributed by atoms with Crippen molar-refractivity contribution in [2.75, 3.05) is 13.3 Å². The van der Waals surface area contributed by atoms with Crippen LogP contribution in [-0.4, -0.2) is 19.4 Å². The van der Waals surface area contributed by atoms with Crippen LogP contribution in [-0.2, 0) is 0 Å². The largest absolute Gasteiger partial charge is 0.454 e. The maximum Gasteiger partial charge on any atom is 0.315 e. The second-order valence-corrected chi connectivity index (χ2v) is 9.08. The first-order valence-corrected chi connectivity index (χ1v) is 10.0. The highest BCUT2D eigenvalue weighted by Gasteiger charge is 2.50. The van der Waals surface area contributed by atoms with Gasteiger partial charge in [-0.1, -0.05) is 6.07 Å². The van der Waals surface area contributed by atoms with Gasteiger partial charge in [-0.25, -0.2) is 4.79 Å². The molecule has 0 radical (unpaired) electrons. The van der Waals surface area contributed by atoms with E-state index in [0.29, 0.717) is 5.41 Å². The molecular weight excluding hydrogens is 328 g/mol. The Morgan fingerprint density at radius 2 is 1.77 bits per heavy atom. The molecule has 4 aliphatic carbocycles. The van der Waals surface area contributed by atoms with E-state index < -0.39 is 0 Å². The summed E-state index contributed by atoms with van der Waals surface area (Å²) in [5, 5.41) is 6.26. The average Bonchev–Trinajstić information content (AvgIpc) is 3.06. The Bertz CT molecular complexity index is 682. The average molecular weight is 356 g/mol. The number of urea groups is 1. The molecule has 2 amide bonds. The number of rotatable bonds is 4. The van der Waals surface area contributed by atoms with Gasteiger partial charge in [0.15, 0.2) is 11.5 Å². The van der Waals surface area contributed by atoms with E-state index in [1.54, 1.807) is 0 Å². The zero-order valence-corrected chi connectivity index (χ0v) is 15.4. The molecule has 0 spiro atoms. The Morgan fingerprint density at radius 3 is 2.46 bits per heavy atom. The molecule has 0 saturated heterocycles. The molecule has 140 valence electrons. The van der Waals surface area contributed by atoms with Crippen LogP contribution in [0.5, 0.6) is 11.5 Å². The maximum atomic E-state index is 12.5. The summed E-state index contributed by atoms with van der Waals surface area (Å²) in [7, 11) is 0. The molecule has 1 atom stereocenters. The lowest BCUT2D eigenvalue weighted by atomic mass is 9.49. The number of ether oxygens (including phenoxy) is 2. The zero-order valence-electron chi connectivity index (χ0n) is 15.4. The Morgan fingerprint density at radius 1 is 1.12 bits per heavy atom. The van der Waals surface area contributed by atoms with Crippen molar-refractivity contribution in [3.63, 3.8) is 0 Å². The first-order chi connectivity index (χ1) is 12.6. The van der Waals surface area contributed by atoms with Crippen molar-refractivity contribution in [1.82, 2.24) is 10.6 Å². The van der Waals surface area contributed by atoms with Gasteiger partial charge in [-0.05, 0) is 86.3 Å². The summed E-state index contributed by atoms with van der Waals surface area (Å²) < 4.78 is 10.8. The van der Waals surface area contributed by atoms with Crippen molar-refractivity contribution >= 4 is 6.03 Å². The maximum absolute atomic E-state index is 12.5. The normalized spacial score (nSPS) is 34.6. The summed E-state index contributed by atoms with van der Waals surface area (Å²) in [4.78, 5) is 12.5. The standard InChI is InChI=1S/C21H28N2O3/c1-13(17-2-3-18-19(7-17)26-12-25-18)23-20(24)22-11-21-8-14-4-15(9-21)6-16(5-14)10-21/h2-3,7,13-16H,4-6,8-12H2,1H3,(H2,22,23,24). The summed E-state index contributed by atoms with van der Waals surface area (Å²) >= 11 is 0. The third-order valence-corrected chi connectivity index (χ3v) is 7.03. The van der Waals surface area contributed by atoms with Gasteiger partial charge < -0.3 is 20.1 Å². The number of amides is 2. The molecule has 6 rings (SSSR count). The minimum Gasteiger partial charge on any atom is -0.454 e. The first kappa shape index (κ1) is 16.3. The summed E-state index contributed by atoms with van der Waals surface area (Å²) in [6.07, 6.45) is 8.26. The number of benzene rings is 1. The number of fused-ring (bicyclic) bond motifs is 1. The molecule has 5 aliphatic rings. The molecule has 5 nitrogen and oxygen atoms in total. The van der Waals surface area contributed by atoms with Gasteiger partial charge in [-0.3, -0.25) is 0 Å². The lowest BCUT2D eigenvalue weighted by Crippen LogP contribution is -2.52. The molecule has 1 heterocycles. The predicted molar refractivity (Wildman–Crippen MR) is 98.1 cm³/mol. The van der Waals surface area contributed by atoms with E-state index in [-0.39, 0.29) is 18.9 Å². The van der Waals surface area contributed by atoms with Crippen molar-refractivity contribution in [2.24, 2.45) is 23.2 Å². The molecule has 2 N–H and O–H groups in total. The van der Waals surface area contributed by atoms with Crippen LogP contribution in [0.2, 0.25) is 0 Å². The highest BCUT2D eigenvalue weighted by atomic mass is 16.7. The monoisotopic (exact) mass is 356 g/mol. The van der Waals surface area contributed by atoms with Gasteiger partial charge in [-0.15, -0.1) is 0 Å². The van der Waals surface area contributed by atoms with Crippen LogP contribution in [0, 0.1) is 23.2 Å². The van der Waals surface area contributed by atoms with E-state index in [9.17, 15) is 4.79 Å². The van der Waals surface area contributed by atoms with Gasteiger partial charge in [0.2, 0.25) is 6.79 Å². The van der Waals surface area contributed by atoms with Gasteiger partial charge in [0, 0.05) is 6.54 Å². The van der Waals surface area contributed by atoms with E-state index in [4.69, 9.17) is 9.47 Å². The van der Waals surface area contributed by atoms with Crippen LogP contribution in [0.3, 0.4) is 0 Å². The highest BCUT2D eigenvalue weighted by Crippen LogP contribution is 2.59. The molecule has 1 aliphatic heterocycles. The number of carbonyl (C=O) groups is 1. The molecule has 1 unspecified atom stereocenters. The van der Waals surface area contributed by atoms with E-state index >= 15 is 0 Å². The summed E-state index contributed by atoms with van der Waals surface area (Å²) in [5.41, 5.74) is 1.40. The third-order valence-electron chi connectivity index (χ3n) is 7.03. The third kappa shape index (κ3) is 2.91. The second kappa shape index (κ2) is 6.07. The fourth-order valence-corrected chi connectivity index (χ4v) is 6.29. The van der Waals surface area contributed by atoms with Crippen LogP contribution >= 0.6 is 0 Å². The quantitative estimate of drug-likeness (QED) is 0.857. The molecule has 26 heavy (non-hydrogen) atoms. The number of nitrogens with one attached hydrogen (secondary N) is 2. The fourth-order valence-electron chi connectivity index (χ4n) is 6.29. The van der Waals surface area contributed by atoms with E-state index in [1.807, 2.05) is 25.1 Å². The first-order valence-electron chi connectivity index (χ1n) is 10.0. The van der Waals surface area contributed by atoms with Crippen molar-refractivity contribution < 1.29 is 14.3 Å². The summed E-state index contributed by atoms with van der Waals surface area (Å²) in [6, 6.07) is 5.71. The predicted octanol–water partition coefficient (Wildman–Crippen LogP) is 3.99. The van der Waals surface area contributed by atoms with Crippen molar-refractivity contribution in [2.45, 2.75) is 51.5 Å². The Hall–Kier alpha value is -1.91. The molecule has 5 heteroatoms. The van der Waals surface area contributed by atoms with Gasteiger partial charge in [0.05, 0.1) is 6.04 Å². The van der Waals surface area contributed by atoms with Gasteiger partial charge in [0.1, 0.15) is 0 Å². The summed E-state index contributed by atoms with van der Waals surface area (Å²) in [5.74, 6) is 4.27.